The smallest absolute Gasteiger partial charge is 0.00998 e. The highest BCUT2D eigenvalue weighted by Crippen LogP contribution is 2.22. The molecular weight excluding hydrogens is 172 g/mol. The van der Waals surface area contributed by atoms with Gasteiger partial charge in [-0.3, -0.25) is 0 Å². The van der Waals surface area contributed by atoms with Crippen LogP contribution in [0.1, 0.15) is 47.0 Å². The summed E-state index contributed by atoms with van der Waals surface area (Å²) in [6.45, 7) is 11.5. The zero-order valence-corrected chi connectivity index (χ0v) is 10.2. The highest BCUT2D eigenvalue weighted by atomic mass is 15.2. The van der Waals surface area contributed by atoms with Crippen molar-refractivity contribution >= 4 is 0 Å². The fourth-order valence-corrected chi connectivity index (χ4v) is 2.06. The largest absolute Gasteiger partial charge is 0.327 e. The van der Waals surface area contributed by atoms with Crippen molar-refractivity contribution in [2.45, 2.75) is 59.0 Å². The predicted octanol–water partition coefficient (Wildman–Crippen LogP) is 2.23. The Hall–Kier alpha value is -0.0800. The minimum absolute atomic E-state index is 0.253. The minimum Gasteiger partial charge on any atom is -0.327 e. The Bertz CT molecular complexity index is 170. The quantitative estimate of drug-likeness (QED) is 0.753. The molecule has 0 saturated carbocycles. The number of rotatable bonds is 3. The zero-order chi connectivity index (χ0) is 10.8. The van der Waals surface area contributed by atoms with Crippen LogP contribution < -0.4 is 5.73 Å². The summed E-state index contributed by atoms with van der Waals surface area (Å²) in [5.74, 6) is 0. The number of nitrogens with zero attached hydrogens (tertiary/aromatic N) is 1. The summed E-state index contributed by atoms with van der Waals surface area (Å²) in [4.78, 5) is 2.58. The van der Waals surface area contributed by atoms with Crippen molar-refractivity contribution in [3.05, 3.63) is 0 Å². The SMILES string of the molecule is CC1CCCN1CCC(N)C(C)(C)C. The summed E-state index contributed by atoms with van der Waals surface area (Å²) < 4.78 is 0. The van der Waals surface area contributed by atoms with Gasteiger partial charge in [0.1, 0.15) is 0 Å². The van der Waals surface area contributed by atoms with E-state index in [1.165, 1.54) is 25.9 Å². The Balaban J connectivity index is 2.26. The number of hydrogen-bond acceptors (Lipinski definition) is 2. The van der Waals surface area contributed by atoms with Gasteiger partial charge < -0.3 is 10.6 Å². The van der Waals surface area contributed by atoms with Gasteiger partial charge in [0.25, 0.3) is 0 Å². The van der Waals surface area contributed by atoms with E-state index in [1.54, 1.807) is 0 Å². The third-order valence-corrected chi connectivity index (χ3v) is 3.53. The Labute approximate surface area is 88.8 Å². The molecule has 1 fully saturated rings. The highest BCUT2D eigenvalue weighted by molar-refractivity contribution is 4.81. The zero-order valence-electron chi connectivity index (χ0n) is 10.2. The van der Waals surface area contributed by atoms with Crippen LogP contribution in [-0.4, -0.2) is 30.1 Å². The molecule has 0 aromatic heterocycles. The van der Waals surface area contributed by atoms with Gasteiger partial charge in [0.2, 0.25) is 0 Å². The Morgan fingerprint density at radius 3 is 2.50 bits per heavy atom. The van der Waals surface area contributed by atoms with Gasteiger partial charge in [-0.05, 0) is 44.7 Å². The van der Waals surface area contributed by atoms with E-state index < -0.39 is 0 Å². The van der Waals surface area contributed by atoms with Crippen LogP contribution in [0.2, 0.25) is 0 Å². The molecule has 0 aromatic rings. The maximum absolute atomic E-state index is 6.15. The molecule has 2 atom stereocenters. The Morgan fingerprint density at radius 1 is 1.43 bits per heavy atom. The maximum Gasteiger partial charge on any atom is 0.00998 e. The molecule has 0 spiro atoms. The summed E-state index contributed by atoms with van der Waals surface area (Å²) >= 11 is 0. The molecule has 0 aromatic carbocycles. The van der Waals surface area contributed by atoms with Gasteiger partial charge in [-0.2, -0.15) is 0 Å². The van der Waals surface area contributed by atoms with E-state index in [0.29, 0.717) is 6.04 Å². The predicted molar refractivity (Wildman–Crippen MR) is 62.3 cm³/mol. The first kappa shape index (κ1) is 12.0. The first-order valence-corrected chi connectivity index (χ1v) is 5.91. The summed E-state index contributed by atoms with van der Waals surface area (Å²) in [5, 5.41) is 0. The minimum atomic E-state index is 0.253. The molecule has 1 heterocycles. The van der Waals surface area contributed by atoms with Crippen molar-refractivity contribution < 1.29 is 0 Å². The molecule has 2 unspecified atom stereocenters. The monoisotopic (exact) mass is 198 g/mol. The highest BCUT2D eigenvalue weighted by Gasteiger charge is 2.24. The summed E-state index contributed by atoms with van der Waals surface area (Å²) in [5.41, 5.74) is 6.40. The van der Waals surface area contributed by atoms with E-state index in [4.69, 9.17) is 5.73 Å². The van der Waals surface area contributed by atoms with Crippen molar-refractivity contribution in [3.8, 4) is 0 Å². The summed E-state index contributed by atoms with van der Waals surface area (Å²) in [6, 6.07) is 1.11. The van der Waals surface area contributed by atoms with Gasteiger partial charge >= 0.3 is 0 Å². The molecule has 1 saturated heterocycles. The van der Waals surface area contributed by atoms with Crippen molar-refractivity contribution in [2.75, 3.05) is 13.1 Å². The fourth-order valence-electron chi connectivity index (χ4n) is 2.06. The van der Waals surface area contributed by atoms with Crippen LogP contribution in [-0.2, 0) is 0 Å². The van der Waals surface area contributed by atoms with Crippen molar-refractivity contribution in [1.29, 1.82) is 0 Å². The topological polar surface area (TPSA) is 29.3 Å². The van der Waals surface area contributed by atoms with Gasteiger partial charge in [-0.1, -0.05) is 20.8 Å². The molecule has 2 heteroatoms. The van der Waals surface area contributed by atoms with Gasteiger partial charge in [0, 0.05) is 12.1 Å². The lowest BCUT2D eigenvalue weighted by molar-refractivity contribution is 0.224. The second kappa shape index (κ2) is 4.63. The standard InChI is InChI=1S/C12H26N2/c1-10-6-5-8-14(10)9-7-11(13)12(2,3)4/h10-11H,5-9,13H2,1-4H3. The summed E-state index contributed by atoms with van der Waals surface area (Å²) in [7, 11) is 0. The number of nitrogens with two attached hydrogens (primary N) is 1. The van der Waals surface area contributed by atoms with E-state index in [1.807, 2.05) is 0 Å². The van der Waals surface area contributed by atoms with Crippen LogP contribution in [0.15, 0.2) is 0 Å². The van der Waals surface area contributed by atoms with Gasteiger partial charge in [-0.25, -0.2) is 0 Å². The average molecular weight is 198 g/mol. The molecule has 0 bridgehead atoms. The molecule has 1 aliphatic heterocycles. The molecule has 1 rings (SSSR count). The van der Waals surface area contributed by atoms with Gasteiger partial charge in [0.05, 0.1) is 0 Å². The lowest BCUT2D eigenvalue weighted by atomic mass is 9.85. The number of likely N-dealkylation sites (tertiary alicyclic amines) is 1. The van der Waals surface area contributed by atoms with E-state index in [9.17, 15) is 0 Å². The van der Waals surface area contributed by atoms with Crippen LogP contribution in [0.5, 0.6) is 0 Å². The molecule has 2 N–H and O–H groups in total. The lowest BCUT2D eigenvalue weighted by Crippen LogP contribution is -2.39. The molecule has 1 aliphatic rings. The maximum atomic E-state index is 6.15. The average Bonchev–Trinajstić information content (AvgIpc) is 2.45. The summed E-state index contributed by atoms with van der Waals surface area (Å²) in [6.07, 6.45) is 3.87. The van der Waals surface area contributed by atoms with Crippen LogP contribution in [0.3, 0.4) is 0 Å². The number of hydrogen-bond donors (Lipinski definition) is 1. The van der Waals surface area contributed by atoms with E-state index in [-0.39, 0.29) is 5.41 Å². The molecular formula is C12H26N2. The van der Waals surface area contributed by atoms with Crippen LogP contribution in [0, 0.1) is 5.41 Å². The Morgan fingerprint density at radius 2 is 2.07 bits per heavy atom. The van der Waals surface area contributed by atoms with Gasteiger partial charge in [-0.15, -0.1) is 0 Å². The second-order valence-corrected chi connectivity index (χ2v) is 5.79. The molecule has 0 radical (unpaired) electrons. The normalized spacial score (nSPS) is 26.8. The molecule has 0 aliphatic carbocycles. The van der Waals surface area contributed by atoms with Crippen molar-refractivity contribution in [2.24, 2.45) is 11.1 Å². The van der Waals surface area contributed by atoms with Crippen molar-refractivity contribution in [1.82, 2.24) is 4.90 Å². The molecule has 84 valence electrons. The lowest BCUT2D eigenvalue weighted by Gasteiger charge is -2.30. The first-order valence-electron chi connectivity index (χ1n) is 5.91. The molecule has 14 heavy (non-hydrogen) atoms. The van der Waals surface area contributed by atoms with Crippen LogP contribution in [0.25, 0.3) is 0 Å². The third-order valence-electron chi connectivity index (χ3n) is 3.53. The third kappa shape index (κ3) is 3.25. The van der Waals surface area contributed by atoms with Gasteiger partial charge in [0.15, 0.2) is 0 Å². The van der Waals surface area contributed by atoms with Crippen LogP contribution in [0.4, 0.5) is 0 Å². The Kier molecular flexibility index (Phi) is 3.96. The second-order valence-electron chi connectivity index (χ2n) is 5.79. The van der Waals surface area contributed by atoms with E-state index in [2.05, 4.69) is 32.6 Å². The molecule has 0 amide bonds. The molecule has 2 nitrogen and oxygen atoms in total. The van der Waals surface area contributed by atoms with E-state index in [0.717, 1.165) is 12.5 Å². The van der Waals surface area contributed by atoms with E-state index >= 15 is 0 Å². The first-order chi connectivity index (χ1) is 6.41. The van der Waals surface area contributed by atoms with Crippen LogP contribution >= 0.6 is 0 Å². The fraction of sp³-hybridized carbons (Fsp3) is 1.00. The van der Waals surface area contributed by atoms with Crippen molar-refractivity contribution in [3.63, 3.8) is 0 Å².